The second-order valence-electron chi connectivity index (χ2n) is 4.31. The van der Waals surface area contributed by atoms with E-state index in [-0.39, 0.29) is 0 Å². The molecule has 1 aliphatic rings. The summed E-state index contributed by atoms with van der Waals surface area (Å²) in [6.45, 7) is 2.32. The van der Waals surface area contributed by atoms with Crippen molar-refractivity contribution in [1.82, 2.24) is 0 Å². The van der Waals surface area contributed by atoms with Crippen molar-refractivity contribution in [3.05, 3.63) is 71.3 Å². The third-order valence-electron chi connectivity index (χ3n) is 3.48. The van der Waals surface area contributed by atoms with Crippen molar-refractivity contribution < 1.29 is 0 Å². The van der Waals surface area contributed by atoms with E-state index in [2.05, 4.69) is 61.5 Å². The quantitative estimate of drug-likeness (QED) is 0.645. The van der Waals surface area contributed by atoms with Crippen LogP contribution >= 0.6 is 0 Å². The minimum Gasteiger partial charge on any atom is -0.0622 e. The van der Waals surface area contributed by atoms with Crippen LogP contribution in [-0.4, -0.2) is 0 Å². The van der Waals surface area contributed by atoms with Crippen LogP contribution in [0.25, 0.3) is 0 Å². The maximum Gasteiger partial charge on any atom is 0.0158 e. The van der Waals surface area contributed by atoms with Gasteiger partial charge in [0, 0.05) is 5.92 Å². The van der Waals surface area contributed by atoms with E-state index < -0.39 is 0 Å². The first-order valence-electron chi connectivity index (χ1n) is 5.51. The molecule has 0 unspecified atom stereocenters. The van der Waals surface area contributed by atoms with Crippen molar-refractivity contribution in [2.45, 2.75) is 18.8 Å². The van der Waals surface area contributed by atoms with Crippen molar-refractivity contribution in [2.24, 2.45) is 0 Å². The van der Waals surface area contributed by atoms with Crippen LogP contribution in [0.4, 0.5) is 0 Å². The molecule has 0 heteroatoms. The van der Waals surface area contributed by atoms with E-state index in [1.54, 1.807) is 0 Å². The largest absolute Gasteiger partial charge is 0.0622 e. The molecule has 2 aromatic rings. The lowest BCUT2D eigenvalue weighted by Gasteiger charge is -2.37. The molecule has 1 aliphatic carbocycles. The fourth-order valence-electron chi connectivity index (χ4n) is 2.69. The highest BCUT2D eigenvalue weighted by Gasteiger charge is 2.34. The maximum atomic E-state index is 2.32. The minimum absolute atomic E-state index is 0.613. The number of fused-ring (bicyclic) bond motifs is 1. The van der Waals surface area contributed by atoms with Crippen LogP contribution in [0.5, 0.6) is 0 Å². The van der Waals surface area contributed by atoms with Crippen LogP contribution in [0.2, 0.25) is 0 Å². The molecule has 0 aliphatic heterocycles. The summed E-state index contributed by atoms with van der Waals surface area (Å²) in [5, 5.41) is 0. The van der Waals surface area contributed by atoms with Crippen molar-refractivity contribution >= 4 is 0 Å². The molecule has 2 aromatic carbocycles. The van der Waals surface area contributed by atoms with Crippen molar-refractivity contribution in [1.29, 1.82) is 0 Å². The number of benzene rings is 2. The molecule has 15 heavy (non-hydrogen) atoms. The average Bonchev–Trinajstić information content (AvgIpc) is 2.30. The highest BCUT2D eigenvalue weighted by molar-refractivity contribution is 5.50. The Balaban J connectivity index is 2.06. The predicted octanol–water partition coefficient (Wildman–Crippen LogP) is 3.94. The SMILES string of the molecule is C[C@H]1c2ccccc2[C@@H]1c1ccccc1. The van der Waals surface area contributed by atoms with Gasteiger partial charge in [0.2, 0.25) is 0 Å². The van der Waals surface area contributed by atoms with Gasteiger partial charge in [-0.15, -0.1) is 0 Å². The number of rotatable bonds is 1. The van der Waals surface area contributed by atoms with Gasteiger partial charge >= 0.3 is 0 Å². The summed E-state index contributed by atoms with van der Waals surface area (Å²) in [6.07, 6.45) is 0. The summed E-state index contributed by atoms with van der Waals surface area (Å²) in [4.78, 5) is 0. The van der Waals surface area contributed by atoms with E-state index in [1.165, 1.54) is 16.7 Å². The predicted molar refractivity (Wildman–Crippen MR) is 63.1 cm³/mol. The summed E-state index contributed by atoms with van der Waals surface area (Å²) in [6, 6.07) is 19.6. The molecule has 0 spiro atoms. The molecule has 0 heterocycles. The molecule has 74 valence electrons. The Morgan fingerprint density at radius 3 is 2.07 bits per heavy atom. The smallest absolute Gasteiger partial charge is 0.0158 e. The molecular formula is C15H14. The molecular weight excluding hydrogens is 180 g/mol. The first-order valence-corrected chi connectivity index (χ1v) is 5.51. The van der Waals surface area contributed by atoms with E-state index in [0.717, 1.165) is 0 Å². The molecule has 0 N–H and O–H groups in total. The zero-order valence-electron chi connectivity index (χ0n) is 8.85. The highest BCUT2D eigenvalue weighted by atomic mass is 14.4. The number of hydrogen-bond acceptors (Lipinski definition) is 0. The van der Waals surface area contributed by atoms with Gasteiger partial charge in [-0.2, -0.15) is 0 Å². The molecule has 2 atom stereocenters. The lowest BCUT2D eigenvalue weighted by Crippen LogP contribution is -2.22. The molecule has 0 fully saturated rings. The van der Waals surface area contributed by atoms with Crippen molar-refractivity contribution in [2.75, 3.05) is 0 Å². The molecule has 0 amide bonds. The van der Waals surface area contributed by atoms with E-state index in [1.807, 2.05) is 0 Å². The molecule has 0 radical (unpaired) electrons. The Morgan fingerprint density at radius 1 is 0.733 bits per heavy atom. The van der Waals surface area contributed by atoms with Gasteiger partial charge in [-0.05, 0) is 22.6 Å². The van der Waals surface area contributed by atoms with Crippen molar-refractivity contribution in [3.63, 3.8) is 0 Å². The zero-order chi connectivity index (χ0) is 10.3. The summed E-state index contributed by atoms with van der Waals surface area (Å²) in [7, 11) is 0. The van der Waals surface area contributed by atoms with Gasteiger partial charge in [-0.3, -0.25) is 0 Å². The third-order valence-corrected chi connectivity index (χ3v) is 3.48. The normalized spacial score (nSPS) is 23.0. The molecule has 0 nitrogen and oxygen atoms in total. The van der Waals surface area contributed by atoms with Crippen LogP contribution in [-0.2, 0) is 0 Å². The Morgan fingerprint density at radius 2 is 1.33 bits per heavy atom. The molecule has 0 aromatic heterocycles. The van der Waals surface area contributed by atoms with Crippen LogP contribution in [0.3, 0.4) is 0 Å². The van der Waals surface area contributed by atoms with E-state index in [4.69, 9.17) is 0 Å². The van der Waals surface area contributed by atoms with Gasteiger partial charge in [0.1, 0.15) is 0 Å². The van der Waals surface area contributed by atoms with Crippen LogP contribution in [0, 0.1) is 0 Å². The van der Waals surface area contributed by atoms with Crippen LogP contribution < -0.4 is 0 Å². The first kappa shape index (κ1) is 8.72. The Kier molecular flexibility index (Phi) is 1.88. The fourth-order valence-corrected chi connectivity index (χ4v) is 2.69. The Labute approximate surface area is 90.6 Å². The lowest BCUT2D eigenvalue weighted by atomic mass is 9.66. The lowest BCUT2D eigenvalue weighted by molar-refractivity contribution is 0.574. The summed E-state index contributed by atoms with van der Waals surface area (Å²) in [5.41, 5.74) is 4.48. The summed E-state index contributed by atoms with van der Waals surface area (Å²) >= 11 is 0. The topological polar surface area (TPSA) is 0 Å². The highest BCUT2D eigenvalue weighted by Crippen LogP contribution is 2.49. The van der Waals surface area contributed by atoms with Gasteiger partial charge < -0.3 is 0 Å². The molecule has 0 saturated carbocycles. The first-order chi connectivity index (χ1) is 7.38. The summed E-state index contributed by atoms with van der Waals surface area (Å²) in [5.74, 6) is 1.28. The molecule has 0 bridgehead atoms. The Bertz CT molecular complexity index is 470. The average molecular weight is 194 g/mol. The summed E-state index contributed by atoms with van der Waals surface area (Å²) < 4.78 is 0. The second-order valence-corrected chi connectivity index (χ2v) is 4.31. The minimum atomic E-state index is 0.613. The van der Waals surface area contributed by atoms with Gasteiger partial charge in [0.15, 0.2) is 0 Å². The third kappa shape index (κ3) is 1.21. The second kappa shape index (κ2) is 3.23. The molecule has 3 rings (SSSR count). The molecule has 0 saturated heterocycles. The Hall–Kier alpha value is -1.56. The van der Waals surface area contributed by atoms with E-state index >= 15 is 0 Å². The maximum absolute atomic E-state index is 2.32. The van der Waals surface area contributed by atoms with Crippen LogP contribution in [0.1, 0.15) is 35.4 Å². The number of hydrogen-bond donors (Lipinski definition) is 0. The van der Waals surface area contributed by atoms with E-state index in [9.17, 15) is 0 Å². The van der Waals surface area contributed by atoms with Crippen LogP contribution in [0.15, 0.2) is 54.6 Å². The fraction of sp³-hybridized carbons (Fsp3) is 0.200. The zero-order valence-corrected chi connectivity index (χ0v) is 8.85. The van der Waals surface area contributed by atoms with Gasteiger partial charge in [0.25, 0.3) is 0 Å². The van der Waals surface area contributed by atoms with Gasteiger partial charge in [0.05, 0.1) is 0 Å². The van der Waals surface area contributed by atoms with Crippen molar-refractivity contribution in [3.8, 4) is 0 Å². The van der Waals surface area contributed by atoms with E-state index in [0.29, 0.717) is 11.8 Å². The monoisotopic (exact) mass is 194 g/mol. The standard InChI is InChI=1S/C15H14/c1-11-13-9-5-6-10-14(13)15(11)12-7-3-2-4-8-12/h2-11,15H,1H3/t11-,15-/m0/s1. The van der Waals surface area contributed by atoms with Gasteiger partial charge in [-0.25, -0.2) is 0 Å². The van der Waals surface area contributed by atoms with Gasteiger partial charge in [-0.1, -0.05) is 61.5 Å².